The lowest BCUT2D eigenvalue weighted by Gasteiger charge is -2.22. The lowest BCUT2D eigenvalue weighted by Crippen LogP contribution is -2.31. The normalized spacial score (nSPS) is 11.5. The summed E-state index contributed by atoms with van der Waals surface area (Å²) in [5, 5.41) is 18.5. The van der Waals surface area contributed by atoms with Gasteiger partial charge in [-0.2, -0.15) is 5.10 Å². The molecule has 0 unspecified atom stereocenters. The van der Waals surface area contributed by atoms with Gasteiger partial charge in [-0.25, -0.2) is 4.68 Å². The number of nitro benzene ring substituents is 1. The van der Waals surface area contributed by atoms with E-state index in [4.69, 9.17) is 4.74 Å². The molecule has 0 fully saturated rings. The third-order valence-electron chi connectivity index (χ3n) is 3.61. The van der Waals surface area contributed by atoms with Gasteiger partial charge in [0.2, 0.25) is 11.6 Å². The van der Waals surface area contributed by atoms with Crippen LogP contribution in [-0.2, 0) is 5.54 Å². The van der Waals surface area contributed by atoms with Gasteiger partial charge in [0.15, 0.2) is 5.69 Å². The lowest BCUT2D eigenvalue weighted by atomic mass is 10.1. The minimum absolute atomic E-state index is 0.0405. The molecule has 0 saturated carbocycles. The van der Waals surface area contributed by atoms with Crippen molar-refractivity contribution in [3.63, 3.8) is 0 Å². The van der Waals surface area contributed by atoms with Crippen LogP contribution in [-0.4, -0.2) is 26.7 Å². The number of hydrogen-bond donors (Lipinski definition) is 1. The van der Waals surface area contributed by atoms with Crippen molar-refractivity contribution >= 4 is 11.6 Å². The quantitative estimate of drug-likeness (QED) is 0.646. The van der Waals surface area contributed by atoms with Crippen LogP contribution in [0.1, 0.15) is 50.7 Å². The summed E-state index contributed by atoms with van der Waals surface area (Å²) < 4.78 is 7.45. The molecule has 0 spiro atoms. The van der Waals surface area contributed by atoms with Crippen LogP contribution >= 0.6 is 0 Å². The maximum absolute atomic E-state index is 12.4. The largest absolute Gasteiger partial charge is 0.432 e. The van der Waals surface area contributed by atoms with Crippen LogP contribution in [0.5, 0.6) is 11.6 Å². The van der Waals surface area contributed by atoms with E-state index in [9.17, 15) is 14.9 Å². The number of ether oxygens (including phenoxy) is 1. The second-order valence-electron chi connectivity index (χ2n) is 7.32. The predicted octanol–water partition coefficient (Wildman–Crippen LogP) is 3.79. The number of nitro groups is 1. The molecule has 1 aromatic carbocycles. The average molecular weight is 360 g/mol. The summed E-state index contributed by atoms with van der Waals surface area (Å²) >= 11 is 0. The Labute approximate surface area is 152 Å². The third kappa shape index (κ3) is 4.01. The van der Waals surface area contributed by atoms with Crippen molar-refractivity contribution < 1.29 is 14.5 Å². The maximum atomic E-state index is 12.4. The zero-order valence-corrected chi connectivity index (χ0v) is 15.9. The number of carbonyl (C=O) groups excluding carboxylic acids is 1. The van der Waals surface area contributed by atoms with E-state index in [0.717, 1.165) is 0 Å². The van der Waals surface area contributed by atoms with E-state index >= 15 is 0 Å². The average Bonchev–Trinajstić information content (AvgIpc) is 2.84. The Morgan fingerprint density at radius 1 is 1.31 bits per heavy atom. The molecule has 8 heteroatoms. The van der Waals surface area contributed by atoms with Gasteiger partial charge in [0, 0.05) is 17.7 Å². The Hall–Kier alpha value is -2.90. The van der Waals surface area contributed by atoms with E-state index < -0.39 is 10.5 Å². The van der Waals surface area contributed by atoms with Gasteiger partial charge in [0.25, 0.3) is 5.91 Å². The first-order chi connectivity index (χ1) is 12.0. The van der Waals surface area contributed by atoms with Crippen molar-refractivity contribution in [2.24, 2.45) is 0 Å². The summed E-state index contributed by atoms with van der Waals surface area (Å²) in [4.78, 5) is 23.2. The topological polar surface area (TPSA) is 99.3 Å². The van der Waals surface area contributed by atoms with Crippen molar-refractivity contribution in [2.45, 2.75) is 53.1 Å². The van der Waals surface area contributed by atoms with Gasteiger partial charge >= 0.3 is 5.69 Å². The standard InChI is InChI=1S/C18H24N4O4/c1-11(2)19-16(23)15-12(3)17(21(20-15)18(4,5)6)26-14-10-8-7-9-13(14)22(24)25/h7-11H,1-6H3,(H,19,23). The predicted molar refractivity (Wildman–Crippen MR) is 97.7 cm³/mol. The van der Waals surface area contributed by atoms with Crippen LogP contribution < -0.4 is 10.1 Å². The van der Waals surface area contributed by atoms with Crippen molar-refractivity contribution in [3.8, 4) is 11.6 Å². The van der Waals surface area contributed by atoms with E-state index in [2.05, 4.69) is 10.4 Å². The molecule has 0 saturated heterocycles. The van der Waals surface area contributed by atoms with E-state index in [-0.39, 0.29) is 29.1 Å². The van der Waals surface area contributed by atoms with Crippen LogP contribution in [0.15, 0.2) is 24.3 Å². The molecule has 0 bridgehead atoms. The molecule has 1 N–H and O–H groups in total. The monoisotopic (exact) mass is 360 g/mol. The summed E-state index contributed by atoms with van der Waals surface area (Å²) in [7, 11) is 0. The molecule has 0 radical (unpaired) electrons. The highest BCUT2D eigenvalue weighted by Gasteiger charge is 2.29. The Kier molecular flexibility index (Phi) is 5.34. The number of aromatic nitrogens is 2. The van der Waals surface area contributed by atoms with E-state index in [0.29, 0.717) is 11.4 Å². The molecule has 0 aliphatic rings. The Morgan fingerprint density at radius 2 is 1.92 bits per heavy atom. The Morgan fingerprint density at radius 3 is 2.46 bits per heavy atom. The molecule has 0 aliphatic heterocycles. The van der Waals surface area contributed by atoms with Crippen molar-refractivity contribution in [1.82, 2.24) is 15.1 Å². The first kappa shape index (κ1) is 19.4. The molecular formula is C18H24N4O4. The van der Waals surface area contributed by atoms with Crippen LogP contribution in [0.2, 0.25) is 0 Å². The number of nitrogens with one attached hydrogen (secondary N) is 1. The van der Waals surface area contributed by atoms with Gasteiger partial charge in [-0.05, 0) is 47.6 Å². The van der Waals surface area contributed by atoms with Crippen LogP contribution in [0.3, 0.4) is 0 Å². The van der Waals surface area contributed by atoms with Gasteiger partial charge < -0.3 is 10.1 Å². The highest BCUT2D eigenvalue weighted by atomic mass is 16.6. The molecule has 140 valence electrons. The molecule has 8 nitrogen and oxygen atoms in total. The highest BCUT2D eigenvalue weighted by molar-refractivity contribution is 5.94. The number of benzene rings is 1. The van der Waals surface area contributed by atoms with Crippen molar-refractivity contribution in [3.05, 3.63) is 45.6 Å². The van der Waals surface area contributed by atoms with Gasteiger partial charge in [-0.3, -0.25) is 14.9 Å². The fourth-order valence-electron chi connectivity index (χ4n) is 2.40. The zero-order chi connectivity index (χ0) is 19.6. The zero-order valence-electron chi connectivity index (χ0n) is 15.9. The minimum atomic E-state index is -0.505. The summed E-state index contributed by atoms with van der Waals surface area (Å²) in [5.74, 6) is 0.0930. The van der Waals surface area contributed by atoms with Crippen LogP contribution in [0.4, 0.5) is 5.69 Å². The van der Waals surface area contributed by atoms with Crippen LogP contribution in [0, 0.1) is 17.0 Å². The number of amides is 1. The number of hydrogen-bond acceptors (Lipinski definition) is 5. The molecule has 1 aromatic heterocycles. The van der Waals surface area contributed by atoms with Gasteiger partial charge in [-0.15, -0.1) is 0 Å². The fourth-order valence-corrected chi connectivity index (χ4v) is 2.40. The lowest BCUT2D eigenvalue weighted by molar-refractivity contribution is -0.385. The highest BCUT2D eigenvalue weighted by Crippen LogP contribution is 2.36. The van der Waals surface area contributed by atoms with Gasteiger partial charge in [0.1, 0.15) is 0 Å². The van der Waals surface area contributed by atoms with Gasteiger partial charge in [-0.1, -0.05) is 12.1 Å². The first-order valence-corrected chi connectivity index (χ1v) is 8.34. The summed E-state index contributed by atoms with van der Waals surface area (Å²) in [6.45, 7) is 11.2. The summed E-state index contributed by atoms with van der Waals surface area (Å²) in [5.41, 5.74) is 0.125. The Balaban J connectivity index is 2.56. The van der Waals surface area contributed by atoms with E-state index in [1.54, 1.807) is 23.7 Å². The van der Waals surface area contributed by atoms with E-state index in [1.807, 2.05) is 34.6 Å². The molecular weight excluding hydrogens is 336 g/mol. The number of rotatable bonds is 5. The Bertz CT molecular complexity index is 834. The third-order valence-corrected chi connectivity index (χ3v) is 3.61. The smallest absolute Gasteiger partial charge is 0.311 e. The molecule has 0 atom stereocenters. The minimum Gasteiger partial charge on any atom is -0.432 e. The second kappa shape index (κ2) is 7.15. The summed E-state index contributed by atoms with van der Waals surface area (Å²) in [6, 6.07) is 6.07. The molecule has 0 aliphatic carbocycles. The van der Waals surface area contributed by atoms with Crippen molar-refractivity contribution in [1.29, 1.82) is 0 Å². The molecule has 2 aromatic rings. The second-order valence-corrected chi connectivity index (χ2v) is 7.32. The molecule has 1 amide bonds. The summed E-state index contributed by atoms with van der Waals surface area (Å²) in [6.07, 6.45) is 0. The number of nitrogens with zero attached hydrogens (tertiary/aromatic N) is 3. The van der Waals surface area contributed by atoms with Crippen LogP contribution in [0.25, 0.3) is 0 Å². The maximum Gasteiger partial charge on any atom is 0.311 e. The molecule has 26 heavy (non-hydrogen) atoms. The molecule has 2 rings (SSSR count). The van der Waals surface area contributed by atoms with E-state index in [1.165, 1.54) is 12.1 Å². The SMILES string of the molecule is Cc1c(C(=O)NC(C)C)nn(C(C)(C)C)c1Oc1ccccc1[N+](=O)[O-]. The number of carbonyl (C=O) groups is 1. The van der Waals surface area contributed by atoms with Gasteiger partial charge in [0.05, 0.1) is 10.5 Å². The molecule has 1 heterocycles. The van der Waals surface area contributed by atoms with Crippen molar-refractivity contribution in [2.75, 3.05) is 0 Å². The fraction of sp³-hybridized carbons (Fsp3) is 0.444. The number of para-hydroxylation sites is 2. The first-order valence-electron chi connectivity index (χ1n) is 8.34.